The van der Waals surface area contributed by atoms with E-state index in [1.807, 2.05) is 18.2 Å². The summed E-state index contributed by atoms with van der Waals surface area (Å²) in [5.74, 6) is 1.07. The van der Waals surface area contributed by atoms with E-state index in [2.05, 4.69) is 30.0 Å². The topological polar surface area (TPSA) is 60.8 Å². The maximum Gasteiger partial charge on any atom is 0.303 e. The fourth-order valence-electron chi connectivity index (χ4n) is 3.24. The van der Waals surface area contributed by atoms with Gasteiger partial charge in [-0.3, -0.25) is 4.79 Å². The number of hydrogen-bond acceptors (Lipinski definition) is 4. The third-order valence-corrected chi connectivity index (χ3v) is 6.10. The molecular weight excluding hydrogens is 378 g/mol. The molecular formula is C21H29NO3S2. The van der Waals surface area contributed by atoms with Crippen LogP contribution in [0.5, 0.6) is 0 Å². The number of thiocarbonyl (C=S) groups is 1. The molecule has 0 amide bonds. The van der Waals surface area contributed by atoms with E-state index in [1.165, 1.54) is 5.56 Å². The number of carbonyl (C=O) groups is 1. The molecule has 1 aliphatic rings. The number of aliphatic hydroxyl groups excluding tert-OH is 1. The van der Waals surface area contributed by atoms with Gasteiger partial charge >= 0.3 is 5.97 Å². The van der Waals surface area contributed by atoms with Gasteiger partial charge in [-0.15, -0.1) is 0 Å². The standard InChI is InChI=1S/C21H29NO3S2/c1-16-4-2-5-17(14-16)15-19(23)9-7-18-8-10-20(26)22(18)11-13-27-12-3-6-21(24)25/h2,4-5,7,9,14,18-19,23H,3,6,8,10-13,15H2,1H3,(H,24,25)/b9-7+/t18-,19+/m0/s1. The number of aliphatic hydroxyl groups is 1. The first-order valence-electron chi connectivity index (χ1n) is 9.46. The lowest BCUT2D eigenvalue weighted by atomic mass is 10.0. The SMILES string of the molecule is Cc1cccc(C[C@H](O)/C=C/[C@H]2CCC(=S)N2CCSCCCC(=O)O)c1. The smallest absolute Gasteiger partial charge is 0.303 e. The summed E-state index contributed by atoms with van der Waals surface area (Å²) in [7, 11) is 0. The Labute approximate surface area is 171 Å². The summed E-state index contributed by atoms with van der Waals surface area (Å²) in [5, 5.41) is 19.0. The molecule has 27 heavy (non-hydrogen) atoms. The molecule has 0 aromatic heterocycles. The summed E-state index contributed by atoms with van der Waals surface area (Å²) >= 11 is 7.27. The number of carboxylic acid groups (broad SMARTS) is 1. The zero-order valence-corrected chi connectivity index (χ0v) is 17.5. The Kier molecular flexibility index (Phi) is 9.31. The molecule has 2 N–H and O–H groups in total. The predicted molar refractivity (Wildman–Crippen MR) is 117 cm³/mol. The van der Waals surface area contributed by atoms with E-state index < -0.39 is 12.1 Å². The molecule has 0 aliphatic carbocycles. The summed E-state index contributed by atoms with van der Waals surface area (Å²) < 4.78 is 0. The van der Waals surface area contributed by atoms with Gasteiger partial charge in [0, 0.05) is 37.6 Å². The molecule has 1 heterocycles. The van der Waals surface area contributed by atoms with Crippen LogP contribution in [0.2, 0.25) is 0 Å². The Bertz CT molecular complexity index is 663. The normalized spacial score (nSPS) is 18.4. The molecule has 1 aromatic carbocycles. The summed E-state index contributed by atoms with van der Waals surface area (Å²) in [6.07, 6.45) is 6.97. The number of benzene rings is 1. The highest BCUT2D eigenvalue weighted by molar-refractivity contribution is 7.99. The fraction of sp³-hybridized carbons (Fsp3) is 0.524. The monoisotopic (exact) mass is 407 g/mol. The number of carboxylic acids is 1. The first kappa shape index (κ1) is 21.9. The van der Waals surface area contributed by atoms with Crippen molar-refractivity contribution in [2.24, 2.45) is 0 Å². The van der Waals surface area contributed by atoms with E-state index in [4.69, 9.17) is 17.3 Å². The molecule has 1 aliphatic heterocycles. The predicted octanol–water partition coefficient (Wildman–Crippen LogP) is 3.84. The van der Waals surface area contributed by atoms with Gasteiger partial charge in [-0.2, -0.15) is 11.8 Å². The highest BCUT2D eigenvalue weighted by Gasteiger charge is 2.25. The molecule has 0 unspecified atom stereocenters. The zero-order chi connectivity index (χ0) is 19.6. The van der Waals surface area contributed by atoms with Gasteiger partial charge in [0.05, 0.1) is 11.1 Å². The van der Waals surface area contributed by atoms with Crippen LogP contribution in [0.1, 0.15) is 36.8 Å². The van der Waals surface area contributed by atoms with Crippen molar-refractivity contribution in [3.05, 3.63) is 47.5 Å². The average molecular weight is 408 g/mol. The van der Waals surface area contributed by atoms with Crippen LogP contribution in [0.15, 0.2) is 36.4 Å². The van der Waals surface area contributed by atoms with Crippen LogP contribution in [0, 0.1) is 6.92 Å². The molecule has 4 nitrogen and oxygen atoms in total. The fourth-order valence-corrected chi connectivity index (χ4v) is 4.46. The minimum absolute atomic E-state index is 0.235. The van der Waals surface area contributed by atoms with E-state index in [-0.39, 0.29) is 12.5 Å². The van der Waals surface area contributed by atoms with Crippen LogP contribution >= 0.6 is 24.0 Å². The number of nitrogens with zero attached hydrogens (tertiary/aromatic N) is 1. The number of thioether (sulfide) groups is 1. The Hall–Kier alpha value is -1.37. The summed E-state index contributed by atoms with van der Waals surface area (Å²) in [6.45, 7) is 2.93. The van der Waals surface area contributed by atoms with Crippen LogP contribution in [-0.4, -0.2) is 56.3 Å². The lowest BCUT2D eigenvalue weighted by Gasteiger charge is -2.24. The number of rotatable bonds is 11. The Morgan fingerprint density at radius 3 is 3.00 bits per heavy atom. The molecule has 2 atom stereocenters. The molecule has 2 rings (SSSR count). The molecule has 1 fully saturated rings. The Morgan fingerprint density at radius 1 is 1.44 bits per heavy atom. The lowest BCUT2D eigenvalue weighted by Crippen LogP contribution is -2.33. The molecule has 6 heteroatoms. The lowest BCUT2D eigenvalue weighted by molar-refractivity contribution is -0.137. The number of aliphatic carboxylic acids is 1. The van der Waals surface area contributed by atoms with Crippen molar-refractivity contribution in [2.75, 3.05) is 18.1 Å². The maximum absolute atomic E-state index is 10.5. The molecule has 1 saturated heterocycles. The first-order chi connectivity index (χ1) is 13.0. The number of hydrogen-bond donors (Lipinski definition) is 2. The first-order valence-corrected chi connectivity index (χ1v) is 11.0. The minimum atomic E-state index is -0.731. The van der Waals surface area contributed by atoms with Gasteiger partial charge in [-0.25, -0.2) is 0 Å². The summed E-state index contributed by atoms with van der Waals surface area (Å²) in [5.41, 5.74) is 2.35. The van der Waals surface area contributed by atoms with Crippen molar-refractivity contribution in [2.45, 2.75) is 51.2 Å². The molecule has 0 spiro atoms. The van der Waals surface area contributed by atoms with Crippen molar-refractivity contribution in [1.82, 2.24) is 4.90 Å². The average Bonchev–Trinajstić information content (AvgIpc) is 2.96. The van der Waals surface area contributed by atoms with E-state index >= 15 is 0 Å². The van der Waals surface area contributed by atoms with Crippen molar-refractivity contribution < 1.29 is 15.0 Å². The highest BCUT2D eigenvalue weighted by atomic mass is 32.2. The molecule has 0 radical (unpaired) electrons. The van der Waals surface area contributed by atoms with Gasteiger partial charge in [0.15, 0.2) is 0 Å². The van der Waals surface area contributed by atoms with Gasteiger partial charge < -0.3 is 15.1 Å². The second-order valence-corrected chi connectivity index (χ2v) is 8.64. The van der Waals surface area contributed by atoms with E-state index in [0.29, 0.717) is 12.8 Å². The van der Waals surface area contributed by atoms with Crippen LogP contribution < -0.4 is 0 Å². The van der Waals surface area contributed by atoms with Crippen molar-refractivity contribution >= 4 is 34.9 Å². The Morgan fingerprint density at radius 2 is 2.26 bits per heavy atom. The van der Waals surface area contributed by atoms with Crippen molar-refractivity contribution in [1.29, 1.82) is 0 Å². The van der Waals surface area contributed by atoms with Crippen LogP contribution in [-0.2, 0) is 11.2 Å². The largest absolute Gasteiger partial charge is 0.481 e. The van der Waals surface area contributed by atoms with Crippen molar-refractivity contribution in [3.63, 3.8) is 0 Å². The third-order valence-electron chi connectivity index (χ3n) is 4.61. The van der Waals surface area contributed by atoms with Gasteiger partial charge in [0.25, 0.3) is 0 Å². The van der Waals surface area contributed by atoms with Gasteiger partial charge in [-0.1, -0.05) is 54.2 Å². The second kappa shape index (κ2) is 11.5. The van der Waals surface area contributed by atoms with Crippen molar-refractivity contribution in [3.8, 4) is 0 Å². The number of aryl methyl sites for hydroxylation is 1. The molecule has 1 aromatic rings. The van der Waals surface area contributed by atoms with E-state index in [1.54, 1.807) is 11.8 Å². The van der Waals surface area contributed by atoms with Gasteiger partial charge in [0.2, 0.25) is 0 Å². The zero-order valence-electron chi connectivity index (χ0n) is 15.8. The molecule has 0 bridgehead atoms. The van der Waals surface area contributed by atoms with Crippen LogP contribution in [0.3, 0.4) is 0 Å². The molecule has 148 valence electrons. The van der Waals surface area contributed by atoms with E-state index in [0.717, 1.165) is 41.4 Å². The quantitative estimate of drug-likeness (QED) is 0.330. The summed E-state index contributed by atoms with van der Waals surface area (Å²) in [6, 6.07) is 8.48. The number of likely N-dealkylation sites (tertiary alicyclic amines) is 1. The van der Waals surface area contributed by atoms with E-state index in [9.17, 15) is 9.90 Å². The van der Waals surface area contributed by atoms with Gasteiger partial charge in [-0.05, 0) is 31.1 Å². The highest BCUT2D eigenvalue weighted by Crippen LogP contribution is 2.22. The molecule has 0 saturated carbocycles. The second-order valence-electron chi connectivity index (χ2n) is 6.95. The summed E-state index contributed by atoms with van der Waals surface area (Å²) in [4.78, 5) is 13.8. The van der Waals surface area contributed by atoms with Crippen LogP contribution in [0.4, 0.5) is 0 Å². The third kappa shape index (κ3) is 8.03. The van der Waals surface area contributed by atoms with Gasteiger partial charge in [0.1, 0.15) is 0 Å². The Balaban J connectivity index is 1.77. The van der Waals surface area contributed by atoms with Crippen LogP contribution in [0.25, 0.3) is 0 Å². The maximum atomic E-state index is 10.5. The minimum Gasteiger partial charge on any atom is -0.481 e.